The van der Waals surface area contributed by atoms with E-state index in [-0.39, 0.29) is 10.6 Å². The molecular weight excluding hydrogens is 282 g/mol. The van der Waals surface area contributed by atoms with Crippen molar-refractivity contribution in [3.63, 3.8) is 0 Å². The van der Waals surface area contributed by atoms with Crippen molar-refractivity contribution in [1.82, 2.24) is 4.90 Å². The predicted molar refractivity (Wildman–Crippen MR) is 85.3 cm³/mol. The van der Waals surface area contributed by atoms with Gasteiger partial charge in [-0.1, -0.05) is 0 Å². The highest BCUT2D eigenvalue weighted by Gasteiger charge is 2.23. The Morgan fingerprint density at radius 2 is 1.91 bits per heavy atom. The molecule has 0 saturated carbocycles. The van der Waals surface area contributed by atoms with Gasteiger partial charge in [0.1, 0.15) is 0 Å². The zero-order valence-corrected chi connectivity index (χ0v) is 12.8. The Bertz CT molecular complexity index is 500. The summed E-state index contributed by atoms with van der Waals surface area (Å²) < 4.78 is 5.40. The first-order valence-electron chi connectivity index (χ1n) is 8.02. The SMILES string of the molecule is O=[N+]([O-])c1ccc(N2CCCC(CN3CCOCC3)C2)cc1. The number of benzene rings is 1. The average molecular weight is 305 g/mol. The molecule has 0 amide bonds. The second-order valence-corrected chi connectivity index (χ2v) is 6.14. The van der Waals surface area contributed by atoms with Crippen molar-refractivity contribution in [1.29, 1.82) is 0 Å². The van der Waals surface area contributed by atoms with E-state index in [9.17, 15) is 10.1 Å². The quantitative estimate of drug-likeness (QED) is 0.630. The molecule has 1 unspecified atom stereocenters. The van der Waals surface area contributed by atoms with Gasteiger partial charge in [0.25, 0.3) is 5.69 Å². The maximum Gasteiger partial charge on any atom is 0.269 e. The molecule has 6 heteroatoms. The summed E-state index contributed by atoms with van der Waals surface area (Å²) in [5.74, 6) is 0.669. The van der Waals surface area contributed by atoms with Crippen LogP contribution in [0, 0.1) is 16.0 Å². The Labute approximate surface area is 130 Å². The van der Waals surface area contributed by atoms with Crippen LogP contribution in [0.5, 0.6) is 0 Å². The third-order valence-electron chi connectivity index (χ3n) is 4.56. The Morgan fingerprint density at radius 3 is 2.59 bits per heavy atom. The van der Waals surface area contributed by atoms with E-state index in [0.717, 1.165) is 51.6 Å². The van der Waals surface area contributed by atoms with E-state index in [0.29, 0.717) is 5.92 Å². The Kier molecular flexibility index (Phi) is 4.90. The van der Waals surface area contributed by atoms with Gasteiger partial charge in [-0.25, -0.2) is 0 Å². The molecule has 22 heavy (non-hydrogen) atoms. The molecule has 0 spiro atoms. The molecular formula is C16H23N3O3. The summed E-state index contributed by atoms with van der Waals surface area (Å²) in [6.07, 6.45) is 2.45. The predicted octanol–water partition coefficient (Wildman–Crippen LogP) is 2.14. The maximum absolute atomic E-state index is 10.7. The maximum atomic E-state index is 10.7. The van der Waals surface area contributed by atoms with Crippen molar-refractivity contribution < 1.29 is 9.66 Å². The molecule has 2 heterocycles. The standard InChI is InChI=1S/C16H23N3O3/c20-19(21)16-5-3-15(4-6-16)18-7-1-2-14(13-18)12-17-8-10-22-11-9-17/h3-6,14H,1-2,7-13H2. The second-order valence-electron chi connectivity index (χ2n) is 6.14. The van der Waals surface area contributed by atoms with E-state index in [1.165, 1.54) is 12.8 Å². The van der Waals surface area contributed by atoms with Gasteiger partial charge in [0.05, 0.1) is 18.1 Å². The third-order valence-corrected chi connectivity index (χ3v) is 4.56. The minimum absolute atomic E-state index is 0.158. The van der Waals surface area contributed by atoms with Crippen LogP contribution < -0.4 is 4.90 Å². The molecule has 3 rings (SSSR count). The van der Waals surface area contributed by atoms with Crippen LogP contribution in [0.25, 0.3) is 0 Å². The van der Waals surface area contributed by atoms with Crippen LogP contribution in [0.1, 0.15) is 12.8 Å². The number of morpholine rings is 1. The number of non-ortho nitro benzene ring substituents is 1. The normalized spacial score (nSPS) is 23.5. The van der Waals surface area contributed by atoms with Crippen LogP contribution in [0.3, 0.4) is 0 Å². The van der Waals surface area contributed by atoms with Gasteiger partial charge in [0.15, 0.2) is 0 Å². The van der Waals surface area contributed by atoms with Gasteiger partial charge in [-0.15, -0.1) is 0 Å². The lowest BCUT2D eigenvalue weighted by atomic mass is 9.96. The van der Waals surface area contributed by atoms with Crippen LogP contribution in [0.2, 0.25) is 0 Å². The van der Waals surface area contributed by atoms with Crippen molar-refractivity contribution in [3.8, 4) is 0 Å². The van der Waals surface area contributed by atoms with Crippen molar-refractivity contribution >= 4 is 11.4 Å². The van der Waals surface area contributed by atoms with Crippen molar-refractivity contribution in [2.45, 2.75) is 12.8 Å². The summed E-state index contributed by atoms with van der Waals surface area (Å²) in [6.45, 7) is 6.97. The molecule has 1 atom stereocenters. The lowest BCUT2D eigenvalue weighted by molar-refractivity contribution is -0.384. The highest BCUT2D eigenvalue weighted by atomic mass is 16.6. The highest BCUT2D eigenvalue weighted by Crippen LogP contribution is 2.25. The molecule has 2 fully saturated rings. The van der Waals surface area contributed by atoms with E-state index < -0.39 is 0 Å². The zero-order chi connectivity index (χ0) is 15.4. The first-order chi connectivity index (χ1) is 10.7. The number of rotatable bonds is 4. The molecule has 1 aromatic rings. The molecule has 2 saturated heterocycles. The number of piperidine rings is 1. The second kappa shape index (κ2) is 7.07. The van der Waals surface area contributed by atoms with Crippen molar-refractivity contribution in [2.75, 3.05) is 50.8 Å². The third kappa shape index (κ3) is 3.75. The van der Waals surface area contributed by atoms with Crippen LogP contribution >= 0.6 is 0 Å². The zero-order valence-electron chi connectivity index (χ0n) is 12.8. The number of nitrogens with zero attached hydrogens (tertiary/aromatic N) is 3. The molecule has 0 aliphatic carbocycles. The van der Waals surface area contributed by atoms with E-state index in [1.807, 2.05) is 12.1 Å². The summed E-state index contributed by atoms with van der Waals surface area (Å²) >= 11 is 0. The minimum atomic E-state index is -0.346. The Hall–Kier alpha value is -1.66. The van der Waals surface area contributed by atoms with Gasteiger partial charge in [0, 0.05) is 50.5 Å². The van der Waals surface area contributed by atoms with Gasteiger partial charge in [-0.05, 0) is 30.9 Å². The fourth-order valence-electron chi connectivity index (χ4n) is 3.38. The number of hydrogen-bond acceptors (Lipinski definition) is 5. The van der Waals surface area contributed by atoms with E-state index in [1.54, 1.807) is 12.1 Å². The smallest absolute Gasteiger partial charge is 0.269 e. The molecule has 0 radical (unpaired) electrons. The molecule has 2 aliphatic heterocycles. The number of ether oxygens (including phenoxy) is 1. The lowest BCUT2D eigenvalue weighted by Crippen LogP contribution is -2.44. The molecule has 0 aromatic heterocycles. The number of hydrogen-bond donors (Lipinski definition) is 0. The van der Waals surface area contributed by atoms with Crippen LogP contribution in [-0.2, 0) is 4.74 Å². The summed E-state index contributed by atoms with van der Waals surface area (Å²) in [5.41, 5.74) is 1.25. The molecule has 6 nitrogen and oxygen atoms in total. The average Bonchev–Trinajstić information content (AvgIpc) is 2.56. The van der Waals surface area contributed by atoms with Gasteiger partial charge >= 0.3 is 0 Å². The van der Waals surface area contributed by atoms with Crippen LogP contribution in [0.15, 0.2) is 24.3 Å². The number of nitro groups is 1. The molecule has 120 valence electrons. The van der Waals surface area contributed by atoms with Gasteiger partial charge in [0.2, 0.25) is 0 Å². The number of anilines is 1. The summed E-state index contributed by atoms with van der Waals surface area (Å²) in [7, 11) is 0. The fraction of sp³-hybridized carbons (Fsp3) is 0.625. The van der Waals surface area contributed by atoms with E-state index >= 15 is 0 Å². The fourth-order valence-corrected chi connectivity index (χ4v) is 3.38. The van der Waals surface area contributed by atoms with Crippen molar-refractivity contribution in [2.24, 2.45) is 5.92 Å². The van der Waals surface area contributed by atoms with Gasteiger partial charge < -0.3 is 9.64 Å². The first kappa shape index (κ1) is 15.2. The first-order valence-corrected chi connectivity index (χ1v) is 8.02. The monoisotopic (exact) mass is 305 g/mol. The van der Waals surface area contributed by atoms with E-state index in [2.05, 4.69) is 9.80 Å². The highest BCUT2D eigenvalue weighted by molar-refractivity contribution is 5.51. The number of nitro benzene ring substituents is 1. The van der Waals surface area contributed by atoms with Gasteiger partial charge in [-0.2, -0.15) is 0 Å². The summed E-state index contributed by atoms with van der Waals surface area (Å²) in [5, 5.41) is 10.7. The largest absolute Gasteiger partial charge is 0.379 e. The Morgan fingerprint density at radius 1 is 1.18 bits per heavy atom. The Balaban J connectivity index is 1.58. The van der Waals surface area contributed by atoms with E-state index in [4.69, 9.17) is 4.74 Å². The minimum Gasteiger partial charge on any atom is -0.379 e. The summed E-state index contributed by atoms with van der Waals surface area (Å²) in [6, 6.07) is 6.94. The molecule has 0 bridgehead atoms. The van der Waals surface area contributed by atoms with Crippen LogP contribution in [-0.4, -0.2) is 55.8 Å². The van der Waals surface area contributed by atoms with Gasteiger partial charge in [-0.3, -0.25) is 15.0 Å². The van der Waals surface area contributed by atoms with Crippen LogP contribution in [0.4, 0.5) is 11.4 Å². The topological polar surface area (TPSA) is 58.9 Å². The lowest BCUT2D eigenvalue weighted by Gasteiger charge is -2.37. The summed E-state index contributed by atoms with van der Waals surface area (Å²) in [4.78, 5) is 15.2. The molecule has 2 aliphatic rings. The van der Waals surface area contributed by atoms with Crippen molar-refractivity contribution in [3.05, 3.63) is 34.4 Å². The molecule has 0 N–H and O–H groups in total. The molecule has 1 aromatic carbocycles.